The van der Waals surface area contributed by atoms with Crippen LogP contribution in [-0.2, 0) is 4.79 Å². The third-order valence-electron chi connectivity index (χ3n) is 4.72. The number of hydrogen-bond donors (Lipinski definition) is 3. The SMILES string of the molecule is Cc1ccccc1C(=O)NCC(=O)Nc1ccc(NC(C)c2ccccc2)c(Cl)c1. The van der Waals surface area contributed by atoms with Gasteiger partial charge in [0.1, 0.15) is 0 Å². The molecule has 6 heteroatoms. The van der Waals surface area contributed by atoms with Crippen molar-refractivity contribution in [2.24, 2.45) is 0 Å². The van der Waals surface area contributed by atoms with Gasteiger partial charge >= 0.3 is 0 Å². The van der Waals surface area contributed by atoms with E-state index in [0.717, 1.165) is 16.8 Å². The van der Waals surface area contributed by atoms with E-state index >= 15 is 0 Å². The standard InChI is InChI=1S/C24H24ClN3O2/c1-16-8-6-7-11-20(16)24(30)26-15-23(29)28-19-12-13-22(21(25)14-19)27-17(2)18-9-4-3-5-10-18/h3-14,17,27H,15H2,1-2H3,(H,26,30)(H,28,29). The monoisotopic (exact) mass is 421 g/mol. The van der Waals surface area contributed by atoms with Gasteiger partial charge in [0, 0.05) is 17.3 Å². The van der Waals surface area contributed by atoms with Crippen molar-refractivity contribution in [1.29, 1.82) is 0 Å². The summed E-state index contributed by atoms with van der Waals surface area (Å²) in [5, 5.41) is 9.25. The number of benzene rings is 3. The first-order valence-electron chi connectivity index (χ1n) is 9.69. The maximum atomic E-state index is 12.2. The van der Waals surface area contributed by atoms with Crippen molar-refractivity contribution in [3.8, 4) is 0 Å². The Labute approximate surface area is 181 Å². The van der Waals surface area contributed by atoms with Crippen LogP contribution in [0, 0.1) is 6.92 Å². The molecule has 1 unspecified atom stereocenters. The summed E-state index contributed by atoms with van der Waals surface area (Å²) in [6, 6.07) is 22.6. The summed E-state index contributed by atoms with van der Waals surface area (Å²) in [7, 11) is 0. The lowest BCUT2D eigenvalue weighted by Gasteiger charge is -2.17. The summed E-state index contributed by atoms with van der Waals surface area (Å²) in [4.78, 5) is 24.4. The van der Waals surface area contributed by atoms with Crippen molar-refractivity contribution in [2.75, 3.05) is 17.2 Å². The van der Waals surface area contributed by atoms with Crippen LogP contribution in [0.2, 0.25) is 5.02 Å². The van der Waals surface area contributed by atoms with E-state index in [1.165, 1.54) is 0 Å². The minimum atomic E-state index is -0.327. The second-order valence-electron chi connectivity index (χ2n) is 7.02. The molecule has 0 radical (unpaired) electrons. The molecular weight excluding hydrogens is 398 g/mol. The Kier molecular flexibility index (Phi) is 7.09. The van der Waals surface area contributed by atoms with Gasteiger partial charge < -0.3 is 16.0 Å². The number of rotatable bonds is 7. The first-order valence-corrected chi connectivity index (χ1v) is 10.1. The largest absolute Gasteiger partial charge is 0.377 e. The third-order valence-corrected chi connectivity index (χ3v) is 5.04. The predicted molar refractivity (Wildman–Crippen MR) is 122 cm³/mol. The molecule has 0 fully saturated rings. The fraction of sp³-hybridized carbons (Fsp3) is 0.167. The van der Waals surface area contributed by atoms with Crippen molar-refractivity contribution in [2.45, 2.75) is 19.9 Å². The minimum absolute atomic E-state index is 0.0841. The molecule has 1 atom stereocenters. The summed E-state index contributed by atoms with van der Waals surface area (Å²) in [6.07, 6.45) is 0. The lowest BCUT2D eigenvalue weighted by molar-refractivity contribution is -0.115. The van der Waals surface area contributed by atoms with Crippen LogP contribution < -0.4 is 16.0 Å². The number of anilines is 2. The molecule has 0 spiro atoms. The highest BCUT2D eigenvalue weighted by atomic mass is 35.5. The van der Waals surface area contributed by atoms with Gasteiger partial charge in [0.15, 0.2) is 0 Å². The number of halogens is 1. The predicted octanol–water partition coefficient (Wildman–Crippen LogP) is 5.19. The van der Waals surface area contributed by atoms with Gasteiger partial charge in [-0.3, -0.25) is 9.59 Å². The van der Waals surface area contributed by atoms with Crippen LogP contribution in [0.1, 0.15) is 34.5 Å². The van der Waals surface area contributed by atoms with Gasteiger partial charge in [0.2, 0.25) is 5.91 Å². The molecule has 0 heterocycles. The van der Waals surface area contributed by atoms with E-state index in [-0.39, 0.29) is 24.4 Å². The molecule has 0 saturated heterocycles. The van der Waals surface area contributed by atoms with Gasteiger partial charge in [-0.2, -0.15) is 0 Å². The first kappa shape index (κ1) is 21.4. The van der Waals surface area contributed by atoms with Gasteiger partial charge in [0.05, 0.1) is 17.3 Å². The molecule has 0 aliphatic heterocycles. The fourth-order valence-electron chi connectivity index (χ4n) is 3.06. The molecule has 3 N–H and O–H groups in total. The van der Waals surface area contributed by atoms with E-state index in [4.69, 9.17) is 11.6 Å². The molecule has 0 aromatic heterocycles. The first-order chi connectivity index (χ1) is 14.4. The highest BCUT2D eigenvalue weighted by Gasteiger charge is 2.12. The molecule has 154 valence electrons. The van der Waals surface area contributed by atoms with E-state index in [9.17, 15) is 9.59 Å². The Hall–Kier alpha value is -3.31. The molecule has 0 bridgehead atoms. The van der Waals surface area contributed by atoms with E-state index in [0.29, 0.717) is 16.3 Å². The fourth-order valence-corrected chi connectivity index (χ4v) is 3.29. The maximum Gasteiger partial charge on any atom is 0.251 e. The van der Waals surface area contributed by atoms with Crippen LogP contribution in [0.4, 0.5) is 11.4 Å². The maximum absolute atomic E-state index is 12.2. The molecule has 0 aliphatic carbocycles. The number of amides is 2. The summed E-state index contributed by atoms with van der Waals surface area (Å²) >= 11 is 6.39. The van der Waals surface area contributed by atoms with Crippen molar-refractivity contribution >= 4 is 34.8 Å². The van der Waals surface area contributed by atoms with Crippen LogP contribution >= 0.6 is 11.6 Å². The molecule has 3 aromatic carbocycles. The zero-order valence-corrected chi connectivity index (χ0v) is 17.7. The number of carbonyl (C=O) groups excluding carboxylic acids is 2. The van der Waals surface area contributed by atoms with Crippen LogP contribution in [0.5, 0.6) is 0 Å². The summed E-state index contributed by atoms with van der Waals surface area (Å²) in [5.74, 6) is -0.609. The molecule has 30 heavy (non-hydrogen) atoms. The lowest BCUT2D eigenvalue weighted by Crippen LogP contribution is -2.33. The van der Waals surface area contributed by atoms with Crippen molar-refractivity contribution in [3.63, 3.8) is 0 Å². The average Bonchev–Trinajstić information content (AvgIpc) is 2.75. The Bertz CT molecular complexity index is 1040. The molecule has 5 nitrogen and oxygen atoms in total. The van der Waals surface area contributed by atoms with Gasteiger partial charge in [-0.1, -0.05) is 60.1 Å². The number of carbonyl (C=O) groups is 2. The van der Waals surface area contributed by atoms with Crippen LogP contribution in [0.3, 0.4) is 0 Å². The molecule has 0 saturated carbocycles. The Morgan fingerprint density at radius 1 is 0.967 bits per heavy atom. The smallest absolute Gasteiger partial charge is 0.251 e. The normalized spacial score (nSPS) is 11.4. The summed E-state index contributed by atoms with van der Waals surface area (Å²) in [5.41, 5.74) is 3.90. The average molecular weight is 422 g/mol. The van der Waals surface area contributed by atoms with Crippen molar-refractivity contribution in [3.05, 3.63) is 94.5 Å². The third kappa shape index (κ3) is 5.61. The number of hydrogen-bond acceptors (Lipinski definition) is 3. The highest BCUT2D eigenvalue weighted by molar-refractivity contribution is 6.33. The summed E-state index contributed by atoms with van der Waals surface area (Å²) in [6.45, 7) is 3.78. The van der Waals surface area contributed by atoms with E-state index < -0.39 is 0 Å². The Morgan fingerprint density at radius 2 is 1.67 bits per heavy atom. The number of nitrogens with one attached hydrogen (secondary N) is 3. The molecule has 0 aliphatic rings. The topological polar surface area (TPSA) is 70.2 Å². The van der Waals surface area contributed by atoms with Crippen LogP contribution in [0.25, 0.3) is 0 Å². The van der Waals surface area contributed by atoms with Crippen molar-refractivity contribution < 1.29 is 9.59 Å². The molecule has 3 rings (SSSR count). The zero-order chi connectivity index (χ0) is 21.5. The van der Waals surface area contributed by atoms with Crippen LogP contribution in [0.15, 0.2) is 72.8 Å². The minimum Gasteiger partial charge on any atom is -0.377 e. The zero-order valence-electron chi connectivity index (χ0n) is 16.9. The number of aryl methyl sites for hydroxylation is 1. The lowest BCUT2D eigenvalue weighted by atomic mass is 10.1. The van der Waals surface area contributed by atoms with E-state index in [1.54, 1.807) is 24.3 Å². The van der Waals surface area contributed by atoms with Crippen LogP contribution in [-0.4, -0.2) is 18.4 Å². The van der Waals surface area contributed by atoms with E-state index in [1.807, 2.05) is 55.5 Å². The van der Waals surface area contributed by atoms with Gasteiger partial charge in [0.25, 0.3) is 5.91 Å². The summed E-state index contributed by atoms with van der Waals surface area (Å²) < 4.78 is 0. The second-order valence-corrected chi connectivity index (χ2v) is 7.42. The van der Waals surface area contributed by atoms with E-state index in [2.05, 4.69) is 22.9 Å². The molecular formula is C24H24ClN3O2. The quantitative estimate of drug-likeness (QED) is 0.491. The Morgan fingerprint density at radius 3 is 2.37 bits per heavy atom. The van der Waals surface area contributed by atoms with Gasteiger partial charge in [-0.25, -0.2) is 0 Å². The second kappa shape index (κ2) is 9.94. The molecule has 2 amide bonds. The van der Waals surface area contributed by atoms with Gasteiger partial charge in [-0.15, -0.1) is 0 Å². The molecule has 3 aromatic rings. The Balaban J connectivity index is 1.55. The van der Waals surface area contributed by atoms with Gasteiger partial charge in [-0.05, 0) is 49.2 Å². The van der Waals surface area contributed by atoms with Crippen molar-refractivity contribution in [1.82, 2.24) is 5.32 Å². The highest BCUT2D eigenvalue weighted by Crippen LogP contribution is 2.29.